The number of alkyl halides is 1. The molecule has 88 valence electrons. The Morgan fingerprint density at radius 3 is 1.73 bits per heavy atom. The molecule has 15 heavy (non-hydrogen) atoms. The van der Waals surface area contributed by atoms with E-state index in [1.165, 1.54) is 14.2 Å². The van der Waals surface area contributed by atoms with E-state index in [2.05, 4.69) is 25.4 Å². The summed E-state index contributed by atoms with van der Waals surface area (Å²) < 4.78 is 9.27. The molecular formula is C10H17BrO4. The van der Waals surface area contributed by atoms with Gasteiger partial charge in [-0.3, -0.25) is 9.59 Å². The van der Waals surface area contributed by atoms with E-state index in [9.17, 15) is 9.59 Å². The zero-order chi connectivity index (χ0) is 12.2. The quantitative estimate of drug-likeness (QED) is 0.584. The average molecular weight is 281 g/mol. The zero-order valence-corrected chi connectivity index (χ0v) is 11.3. The zero-order valence-electron chi connectivity index (χ0n) is 9.67. The van der Waals surface area contributed by atoms with Crippen LogP contribution in [0.1, 0.15) is 20.8 Å². The van der Waals surface area contributed by atoms with E-state index in [1.54, 1.807) is 0 Å². The summed E-state index contributed by atoms with van der Waals surface area (Å²) in [6.45, 7) is 5.60. The lowest BCUT2D eigenvalue weighted by Crippen LogP contribution is -2.40. The Labute approximate surface area is 98.4 Å². The van der Waals surface area contributed by atoms with E-state index in [-0.39, 0.29) is 5.41 Å². The SMILES string of the molecule is COC(=O)C(Br)C(C(=O)OC)C(C)(C)C. The summed E-state index contributed by atoms with van der Waals surface area (Å²) in [4.78, 5) is 22.2. The smallest absolute Gasteiger partial charge is 0.320 e. The Kier molecular flexibility index (Phi) is 5.28. The summed E-state index contributed by atoms with van der Waals surface area (Å²) in [5.74, 6) is -1.47. The molecule has 0 saturated heterocycles. The van der Waals surface area contributed by atoms with Crippen LogP contribution in [0.5, 0.6) is 0 Å². The molecule has 0 aromatic rings. The fraction of sp³-hybridized carbons (Fsp3) is 0.800. The van der Waals surface area contributed by atoms with E-state index < -0.39 is 22.7 Å². The highest BCUT2D eigenvalue weighted by Gasteiger charge is 2.41. The molecule has 0 heterocycles. The largest absolute Gasteiger partial charge is 0.469 e. The first-order chi connectivity index (χ1) is 6.75. The van der Waals surface area contributed by atoms with Crippen LogP contribution in [-0.2, 0) is 19.1 Å². The Hall–Kier alpha value is -0.580. The molecule has 0 aromatic heterocycles. The fourth-order valence-electron chi connectivity index (χ4n) is 1.29. The molecule has 0 aliphatic carbocycles. The van der Waals surface area contributed by atoms with Gasteiger partial charge in [0.1, 0.15) is 4.83 Å². The summed E-state index contributed by atoms with van der Waals surface area (Å²) in [6, 6.07) is 0. The number of carbonyl (C=O) groups is 2. The molecule has 2 atom stereocenters. The highest BCUT2D eigenvalue weighted by Crippen LogP contribution is 2.33. The molecule has 4 nitrogen and oxygen atoms in total. The number of carbonyl (C=O) groups excluding carboxylic acids is 2. The lowest BCUT2D eigenvalue weighted by molar-refractivity contribution is -0.154. The highest BCUT2D eigenvalue weighted by atomic mass is 79.9. The third-order valence-corrected chi connectivity index (χ3v) is 3.01. The number of rotatable bonds is 3. The minimum atomic E-state index is -0.685. The minimum Gasteiger partial charge on any atom is -0.469 e. The molecule has 0 spiro atoms. The van der Waals surface area contributed by atoms with Crippen molar-refractivity contribution in [2.45, 2.75) is 25.6 Å². The van der Waals surface area contributed by atoms with Crippen LogP contribution in [0.3, 0.4) is 0 Å². The second-order valence-electron chi connectivity index (χ2n) is 4.29. The van der Waals surface area contributed by atoms with E-state index in [0.717, 1.165) is 0 Å². The van der Waals surface area contributed by atoms with E-state index in [4.69, 9.17) is 0 Å². The molecular weight excluding hydrogens is 264 g/mol. The van der Waals surface area contributed by atoms with E-state index in [1.807, 2.05) is 20.8 Å². The lowest BCUT2D eigenvalue weighted by Gasteiger charge is -2.30. The van der Waals surface area contributed by atoms with Gasteiger partial charge < -0.3 is 9.47 Å². The van der Waals surface area contributed by atoms with Crippen LogP contribution in [0.4, 0.5) is 0 Å². The predicted octanol–water partition coefficient (Wildman–Crippen LogP) is 1.76. The second kappa shape index (κ2) is 5.49. The number of esters is 2. The maximum atomic E-state index is 11.6. The average Bonchev–Trinajstić information content (AvgIpc) is 2.14. The molecule has 0 aliphatic rings. The first-order valence-corrected chi connectivity index (χ1v) is 5.47. The first-order valence-electron chi connectivity index (χ1n) is 4.55. The van der Waals surface area contributed by atoms with Crippen molar-refractivity contribution >= 4 is 27.9 Å². The molecule has 0 saturated carbocycles. The monoisotopic (exact) mass is 280 g/mol. The maximum Gasteiger partial charge on any atom is 0.320 e. The van der Waals surface area contributed by atoms with Crippen molar-refractivity contribution in [2.75, 3.05) is 14.2 Å². The van der Waals surface area contributed by atoms with Gasteiger partial charge in [0.05, 0.1) is 20.1 Å². The summed E-state index contributed by atoms with van der Waals surface area (Å²) in [5.41, 5.74) is -0.380. The van der Waals surface area contributed by atoms with Gasteiger partial charge in [-0.2, -0.15) is 0 Å². The lowest BCUT2D eigenvalue weighted by atomic mass is 9.78. The van der Waals surface area contributed by atoms with Crippen LogP contribution in [0, 0.1) is 11.3 Å². The molecule has 0 aromatic carbocycles. The predicted molar refractivity (Wildman–Crippen MR) is 59.7 cm³/mol. The molecule has 0 aliphatic heterocycles. The third-order valence-electron chi connectivity index (χ3n) is 2.11. The van der Waals surface area contributed by atoms with Crippen LogP contribution in [0.2, 0.25) is 0 Å². The van der Waals surface area contributed by atoms with Gasteiger partial charge >= 0.3 is 11.9 Å². The number of hydrogen-bond donors (Lipinski definition) is 0. The number of methoxy groups -OCH3 is 2. The van der Waals surface area contributed by atoms with Crippen molar-refractivity contribution in [1.29, 1.82) is 0 Å². The molecule has 2 unspecified atom stereocenters. The van der Waals surface area contributed by atoms with Crippen LogP contribution >= 0.6 is 15.9 Å². The summed E-state index contributed by atoms with van der Waals surface area (Å²) >= 11 is 3.17. The minimum absolute atomic E-state index is 0.380. The Morgan fingerprint density at radius 2 is 1.47 bits per heavy atom. The molecule has 0 bridgehead atoms. The molecule has 5 heteroatoms. The van der Waals surface area contributed by atoms with Gasteiger partial charge in [0, 0.05) is 0 Å². The molecule has 0 radical (unpaired) electrons. The van der Waals surface area contributed by atoms with Crippen LogP contribution in [-0.4, -0.2) is 31.0 Å². The molecule has 0 rings (SSSR count). The second-order valence-corrected chi connectivity index (χ2v) is 5.28. The van der Waals surface area contributed by atoms with Crippen molar-refractivity contribution in [3.05, 3.63) is 0 Å². The summed E-state index contributed by atoms with van der Waals surface area (Å²) in [5, 5.41) is 0. The Balaban J connectivity index is 4.95. The topological polar surface area (TPSA) is 52.6 Å². The van der Waals surface area contributed by atoms with E-state index >= 15 is 0 Å². The third kappa shape index (κ3) is 3.81. The molecule has 0 N–H and O–H groups in total. The van der Waals surface area contributed by atoms with Crippen LogP contribution < -0.4 is 0 Å². The standard InChI is InChI=1S/C10H17BrO4/c1-10(2,3)6(8(12)14-4)7(11)9(13)15-5/h6-7H,1-5H3. The Morgan fingerprint density at radius 1 is 1.07 bits per heavy atom. The summed E-state index contributed by atoms with van der Waals surface area (Å²) in [6.07, 6.45) is 0. The first kappa shape index (κ1) is 14.4. The van der Waals surface area contributed by atoms with Crippen LogP contribution in [0.25, 0.3) is 0 Å². The van der Waals surface area contributed by atoms with Gasteiger partial charge in [0.2, 0.25) is 0 Å². The maximum absolute atomic E-state index is 11.6. The van der Waals surface area contributed by atoms with Gasteiger partial charge in [0.25, 0.3) is 0 Å². The number of halogens is 1. The van der Waals surface area contributed by atoms with Gasteiger partial charge in [-0.25, -0.2) is 0 Å². The normalized spacial score (nSPS) is 15.3. The van der Waals surface area contributed by atoms with Gasteiger partial charge in [-0.1, -0.05) is 36.7 Å². The molecule has 0 amide bonds. The van der Waals surface area contributed by atoms with Crippen molar-refractivity contribution in [3.63, 3.8) is 0 Å². The Bertz CT molecular complexity index is 244. The van der Waals surface area contributed by atoms with Gasteiger partial charge in [-0.05, 0) is 5.41 Å². The van der Waals surface area contributed by atoms with E-state index in [0.29, 0.717) is 0 Å². The molecule has 0 fully saturated rings. The van der Waals surface area contributed by atoms with Crippen molar-refractivity contribution in [2.24, 2.45) is 11.3 Å². The number of hydrogen-bond acceptors (Lipinski definition) is 4. The fourth-order valence-corrected chi connectivity index (χ4v) is 2.48. The van der Waals surface area contributed by atoms with Gasteiger partial charge in [-0.15, -0.1) is 0 Å². The van der Waals surface area contributed by atoms with Crippen molar-refractivity contribution in [3.8, 4) is 0 Å². The number of ether oxygens (including phenoxy) is 2. The van der Waals surface area contributed by atoms with Crippen LogP contribution in [0.15, 0.2) is 0 Å². The van der Waals surface area contributed by atoms with Gasteiger partial charge in [0.15, 0.2) is 0 Å². The van der Waals surface area contributed by atoms with Crippen molar-refractivity contribution < 1.29 is 19.1 Å². The van der Waals surface area contributed by atoms with Crippen molar-refractivity contribution in [1.82, 2.24) is 0 Å². The summed E-state index contributed by atoms with van der Waals surface area (Å²) in [7, 11) is 2.59. The highest BCUT2D eigenvalue weighted by molar-refractivity contribution is 9.10.